The molecule has 1 fully saturated rings. The molecule has 1 saturated carbocycles. The van der Waals surface area contributed by atoms with Crippen molar-refractivity contribution in [3.05, 3.63) is 29.8 Å². The number of hydrogen-bond acceptors (Lipinski definition) is 3. The van der Waals surface area contributed by atoms with Crippen LogP contribution in [0, 0.1) is 5.92 Å². The Balaban J connectivity index is 1.88. The molecule has 1 aromatic rings. The topological polar surface area (TPSA) is 46.2 Å². The lowest BCUT2D eigenvalue weighted by Gasteiger charge is -2.21. The minimum absolute atomic E-state index is 0.288. The molecule has 1 unspecified atom stereocenters. The van der Waals surface area contributed by atoms with Crippen LogP contribution in [0.25, 0.3) is 0 Å². The first-order valence-electron chi connectivity index (χ1n) is 6.90. The summed E-state index contributed by atoms with van der Waals surface area (Å²) in [6.07, 6.45) is 6.46. The third-order valence-electron chi connectivity index (χ3n) is 3.68. The van der Waals surface area contributed by atoms with Crippen molar-refractivity contribution in [2.24, 2.45) is 11.7 Å². The number of thioether (sulfide) groups is 1. The molecule has 18 heavy (non-hydrogen) atoms. The number of benzene rings is 1. The Morgan fingerprint density at radius 3 is 2.78 bits per heavy atom. The van der Waals surface area contributed by atoms with E-state index in [-0.39, 0.29) is 6.54 Å². The van der Waals surface area contributed by atoms with Crippen LogP contribution in [0.2, 0.25) is 0 Å². The standard InChI is InChI=1S/C15H23NOS/c16-10-15(17)13-7-4-8-14(9-13)18-11-12-5-2-1-3-6-12/h4,7-9,12,15,17H,1-3,5-6,10-11,16H2. The summed E-state index contributed by atoms with van der Waals surface area (Å²) in [6, 6.07) is 8.16. The van der Waals surface area contributed by atoms with Gasteiger partial charge in [0.1, 0.15) is 0 Å². The van der Waals surface area contributed by atoms with Crippen molar-refractivity contribution in [3.8, 4) is 0 Å². The first-order chi connectivity index (χ1) is 8.79. The Bertz CT molecular complexity index is 363. The molecule has 0 saturated heterocycles. The van der Waals surface area contributed by atoms with E-state index >= 15 is 0 Å². The molecule has 1 aliphatic rings. The summed E-state index contributed by atoms with van der Waals surface area (Å²) in [5.74, 6) is 2.09. The second kappa shape index (κ2) is 7.17. The molecule has 0 aliphatic heterocycles. The van der Waals surface area contributed by atoms with Crippen molar-refractivity contribution in [3.63, 3.8) is 0 Å². The Hall–Kier alpha value is -0.510. The van der Waals surface area contributed by atoms with Gasteiger partial charge in [0.05, 0.1) is 6.10 Å². The minimum Gasteiger partial charge on any atom is -0.387 e. The number of hydrogen-bond donors (Lipinski definition) is 2. The van der Waals surface area contributed by atoms with Gasteiger partial charge in [-0.15, -0.1) is 11.8 Å². The van der Waals surface area contributed by atoms with E-state index < -0.39 is 6.10 Å². The van der Waals surface area contributed by atoms with Crippen molar-refractivity contribution in [2.45, 2.75) is 43.1 Å². The number of aliphatic hydroxyl groups excluding tert-OH is 1. The third-order valence-corrected chi connectivity index (χ3v) is 4.90. The van der Waals surface area contributed by atoms with Crippen LogP contribution in [0.5, 0.6) is 0 Å². The van der Waals surface area contributed by atoms with E-state index in [4.69, 9.17) is 5.73 Å². The van der Waals surface area contributed by atoms with Crippen LogP contribution in [0.4, 0.5) is 0 Å². The maximum absolute atomic E-state index is 9.74. The van der Waals surface area contributed by atoms with Crippen LogP contribution in [0.1, 0.15) is 43.8 Å². The molecule has 1 atom stereocenters. The SMILES string of the molecule is NCC(O)c1cccc(SCC2CCCCC2)c1. The van der Waals surface area contributed by atoms with Gasteiger partial charge in [0.15, 0.2) is 0 Å². The second-order valence-corrected chi connectivity index (χ2v) is 6.23. The average Bonchev–Trinajstić information content (AvgIpc) is 2.45. The van der Waals surface area contributed by atoms with Gasteiger partial charge >= 0.3 is 0 Å². The molecule has 0 aromatic heterocycles. The fraction of sp³-hybridized carbons (Fsp3) is 0.600. The zero-order chi connectivity index (χ0) is 12.8. The van der Waals surface area contributed by atoms with Gasteiger partial charge in [-0.05, 0) is 36.5 Å². The second-order valence-electron chi connectivity index (χ2n) is 5.14. The highest BCUT2D eigenvalue weighted by Gasteiger charge is 2.14. The number of aliphatic hydroxyl groups is 1. The molecule has 2 nitrogen and oxygen atoms in total. The van der Waals surface area contributed by atoms with Crippen LogP contribution in [-0.4, -0.2) is 17.4 Å². The fourth-order valence-corrected chi connectivity index (χ4v) is 3.67. The lowest BCUT2D eigenvalue weighted by Crippen LogP contribution is -2.11. The van der Waals surface area contributed by atoms with Gasteiger partial charge < -0.3 is 10.8 Å². The smallest absolute Gasteiger partial charge is 0.0912 e. The molecule has 0 bridgehead atoms. The average molecular weight is 265 g/mol. The lowest BCUT2D eigenvalue weighted by molar-refractivity contribution is 0.186. The summed E-state index contributed by atoms with van der Waals surface area (Å²) in [5, 5.41) is 9.74. The van der Waals surface area contributed by atoms with Crippen LogP contribution in [-0.2, 0) is 0 Å². The van der Waals surface area contributed by atoms with Gasteiger partial charge in [-0.3, -0.25) is 0 Å². The van der Waals surface area contributed by atoms with Crippen LogP contribution in [0.3, 0.4) is 0 Å². The highest BCUT2D eigenvalue weighted by Crippen LogP contribution is 2.30. The Morgan fingerprint density at radius 1 is 1.28 bits per heavy atom. The number of rotatable bonds is 5. The quantitative estimate of drug-likeness (QED) is 0.803. The summed E-state index contributed by atoms with van der Waals surface area (Å²) in [4.78, 5) is 1.26. The summed E-state index contributed by atoms with van der Waals surface area (Å²) in [7, 11) is 0. The van der Waals surface area contributed by atoms with E-state index in [9.17, 15) is 5.11 Å². The van der Waals surface area contributed by atoms with Gasteiger partial charge in [-0.1, -0.05) is 31.4 Å². The van der Waals surface area contributed by atoms with Crippen molar-refractivity contribution in [1.29, 1.82) is 0 Å². The fourth-order valence-electron chi connectivity index (χ4n) is 2.52. The normalized spacial score (nSPS) is 18.8. The van der Waals surface area contributed by atoms with Crippen molar-refractivity contribution < 1.29 is 5.11 Å². The summed E-state index contributed by atoms with van der Waals surface area (Å²) < 4.78 is 0. The molecule has 3 N–H and O–H groups in total. The molecule has 2 rings (SSSR count). The number of nitrogens with two attached hydrogens (primary N) is 1. The molecule has 100 valence electrons. The van der Waals surface area contributed by atoms with Crippen LogP contribution < -0.4 is 5.73 Å². The molecule has 0 heterocycles. The molecule has 0 radical (unpaired) electrons. The van der Waals surface area contributed by atoms with Gasteiger partial charge in [0.2, 0.25) is 0 Å². The molecule has 0 spiro atoms. The lowest BCUT2D eigenvalue weighted by atomic mass is 9.91. The van der Waals surface area contributed by atoms with E-state index in [0.29, 0.717) is 0 Å². The Kier molecular flexibility index (Phi) is 5.54. The van der Waals surface area contributed by atoms with Crippen molar-refractivity contribution >= 4 is 11.8 Å². The zero-order valence-corrected chi connectivity index (χ0v) is 11.7. The molecule has 1 aliphatic carbocycles. The molecular weight excluding hydrogens is 242 g/mol. The molecular formula is C15H23NOS. The molecule has 1 aromatic carbocycles. The summed E-state index contributed by atoms with van der Waals surface area (Å²) >= 11 is 1.92. The van der Waals surface area contributed by atoms with Crippen molar-refractivity contribution in [2.75, 3.05) is 12.3 Å². The van der Waals surface area contributed by atoms with E-state index in [1.165, 1.54) is 42.8 Å². The maximum atomic E-state index is 9.74. The Morgan fingerprint density at radius 2 is 2.06 bits per heavy atom. The van der Waals surface area contributed by atoms with Gasteiger partial charge in [-0.25, -0.2) is 0 Å². The van der Waals surface area contributed by atoms with Gasteiger partial charge in [-0.2, -0.15) is 0 Å². The van der Waals surface area contributed by atoms with Crippen molar-refractivity contribution in [1.82, 2.24) is 0 Å². The predicted molar refractivity (Wildman–Crippen MR) is 77.8 cm³/mol. The zero-order valence-electron chi connectivity index (χ0n) is 10.8. The van der Waals surface area contributed by atoms with E-state index in [0.717, 1.165) is 11.5 Å². The highest BCUT2D eigenvalue weighted by atomic mass is 32.2. The van der Waals surface area contributed by atoms with E-state index in [1.807, 2.05) is 23.9 Å². The minimum atomic E-state index is -0.528. The predicted octanol–water partition coefficient (Wildman–Crippen LogP) is 3.35. The van der Waals surface area contributed by atoms with Crippen LogP contribution in [0.15, 0.2) is 29.2 Å². The molecule has 3 heteroatoms. The first-order valence-corrected chi connectivity index (χ1v) is 7.89. The summed E-state index contributed by atoms with van der Waals surface area (Å²) in [5.41, 5.74) is 6.42. The maximum Gasteiger partial charge on any atom is 0.0912 e. The van der Waals surface area contributed by atoms with E-state index in [2.05, 4.69) is 12.1 Å². The van der Waals surface area contributed by atoms with Crippen LogP contribution >= 0.6 is 11.8 Å². The Labute approximate surface area is 114 Å². The monoisotopic (exact) mass is 265 g/mol. The highest BCUT2D eigenvalue weighted by molar-refractivity contribution is 7.99. The summed E-state index contributed by atoms with van der Waals surface area (Å²) in [6.45, 7) is 0.288. The largest absolute Gasteiger partial charge is 0.387 e. The first kappa shape index (κ1) is 13.9. The van der Waals surface area contributed by atoms with Gasteiger partial charge in [0, 0.05) is 17.2 Å². The molecule has 0 amide bonds. The van der Waals surface area contributed by atoms with E-state index in [1.54, 1.807) is 0 Å². The van der Waals surface area contributed by atoms with Gasteiger partial charge in [0.25, 0.3) is 0 Å². The third kappa shape index (κ3) is 4.01.